The first kappa shape index (κ1) is 12.9. The second-order valence-electron chi connectivity index (χ2n) is 4.59. The highest BCUT2D eigenvalue weighted by Gasteiger charge is 2.25. The van der Waals surface area contributed by atoms with E-state index in [4.69, 9.17) is 4.74 Å². The Morgan fingerprint density at radius 3 is 2.67 bits per heavy atom. The first-order valence-corrected chi connectivity index (χ1v) is 6.35. The molecule has 0 aliphatic carbocycles. The summed E-state index contributed by atoms with van der Waals surface area (Å²) in [5.41, 5.74) is 0.837. The molecule has 0 saturated carbocycles. The van der Waals surface area contributed by atoms with Crippen LogP contribution in [0.4, 0.5) is 5.69 Å². The highest BCUT2D eigenvalue weighted by molar-refractivity contribution is 5.95. The van der Waals surface area contributed by atoms with E-state index in [1.165, 1.54) is 0 Å². The molecule has 1 saturated heterocycles. The molecule has 1 amide bonds. The van der Waals surface area contributed by atoms with E-state index in [2.05, 4.69) is 5.32 Å². The van der Waals surface area contributed by atoms with Gasteiger partial charge in [-0.25, -0.2) is 0 Å². The number of hydrogen-bond acceptors (Lipinski definition) is 3. The zero-order chi connectivity index (χ0) is 13.0. The van der Waals surface area contributed by atoms with Crippen molar-refractivity contribution < 1.29 is 9.53 Å². The molecule has 0 aromatic heterocycles. The van der Waals surface area contributed by atoms with E-state index in [1.54, 1.807) is 12.0 Å². The number of carbonyl (C=O) groups excluding carboxylic acids is 1. The van der Waals surface area contributed by atoms with Crippen LogP contribution in [0.15, 0.2) is 24.3 Å². The Balaban J connectivity index is 2.14. The van der Waals surface area contributed by atoms with E-state index in [9.17, 15) is 4.79 Å². The molecule has 1 aliphatic heterocycles. The SMILES string of the molecule is COc1ccccc1N(C)C(=O)C1CCNCC1. The molecular weight excluding hydrogens is 228 g/mol. The van der Waals surface area contributed by atoms with Crippen molar-refractivity contribution >= 4 is 11.6 Å². The number of benzene rings is 1. The van der Waals surface area contributed by atoms with Crippen molar-refractivity contribution in [3.05, 3.63) is 24.3 Å². The Morgan fingerprint density at radius 1 is 1.33 bits per heavy atom. The predicted octanol–water partition coefficient (Wildman–Crippen LogP) is 1.66. The average Bonchev–Trinajstić information content (AvgIpc) is 2.46. The third kappa shape index (κ3) is 2.64. The molecule has 1 aliphatic rings. The number of nitrogens with one attached hydrogen (secondary N) is 1. The maximum atomic E-state index is 12.4. The third-order valence-corrected chi connectivity index (χ3v) is 3.47. The van der Waals surface area contributed by atoms with E-state index in [0.29, 0.717) is 0 Å². The number of para-hydroxylation sites is 2. The van der Waals surface area contributed by atoms with E-state index >= 15 is 0 Å². The standard InChI is InChI=1S/C14H20N2O2/c1-16(12-5-3-4-6-13(12)18-2)14(17)11-7-9-15-10-8-11/h3-6,11,15H,7-10H2,1-2H3. The van der Waals surface area contributed by atoms with E-state index < -0.39 is 0 Å². The van der Waals surface area contributed by atoms with Gasteiger partial charge < -0.3 is 15.0 Å². The summed E-state index contributed by atoms with van der Waals surface area (Å²) in [5.74, 6) is 1.05. The smallest absolute Gasteiger partial charge is 0.230 e. The van der Waals surface area contributed by atoms with E-state index in [0.717, 1.165) is 37.4 Å². The molecule has 4 nitrogen and oxygen atoms in total. The predicted molar refractivity (Wildman–Crippen MR) is 72.0 cm³/mol. The number of methoxy groups -OCH3 is 1. The highest BCUT2D eigenvalue weighted by atomic mass is 16.5. The van der Waals surface area contributed by atoms with Gasteiger partial charge in [-0.3, -0.25) is 4.79 Å². The summed E-state index contributed by atoms with van der Waals surface area (Å²) in [4.78, 5) is 14.1. The van der Waals surface area contributed by atoms with E-state index in [-0.39, 0.29) is 11.8 Å². The lowest BCUT2D eigenvalue weighted by Crippen LogP contribution is -2.39. The molecule has 1 N–H and O–H groups in total. The first-order valence-electron chi connectivity index (χ1n) is 6.35. The van der Waals surface area contributed by atoms with Crippen molar-refractivity contribution in [3.8, 4) is 5.75 Å². The highest BCUT2D eigenvalue weighted by Crippen LogP contribution is 2.28. The van der Waals surface area contributed by atoms with Crippen molar-refractivity contribution in [2.75, 3.05) is 32.1 Å². The van der Waals surface area contributed by atoms with Gasteiger partial charge in [-0.05, 0) is 38.1 Å². The van der Waals surface area contributed by atoms with Crippen LogP contribution in [0.3, 0.4) is 0 Å². The Morgan fingerprint density at radius 2 is 2.00 bits per heavy atom. The van der Waals surface area contributed by atoms with Crippen LogP contribution < -0.4 is 15.0 Å². The lowest BCUT2D eigenvalue weighted by molar-refractivity contribution is -0.122. The van der Waals surface area contributed by atoms with Crippen LogP contribution >= 0.6 is 0 Å². The molecule has 0 radical (unpaired) electrons. The Bertz CT molecular complexity index is 414. The number of nitrogens with zero attached hydrogens (tertiary/aromatic N) is 1. The first-order chi connectivity index (χ1) is 8.74. The summed E-state index contributed by atoms with van der Waals surface area (Å²) in [7, 11) is 3.45. The molecule has 0 spiro atoms. The van der Waals surface area contributed by atoms with Gasteiger partial charge in [0.2, 0.25) is 5.91 Å². The molecule has 0 bridgehead atoms. The minimum atomic E-state index is 0.126. The largest absolute Gasteiger partial charge is 0.495 e. The monoisotopic (exact) mass is 248 g/mol. The van der Waals surface area contributed by atoms with Crippen molar-refractivity contribution in [1.29, 1.82) is 0 Å². The number of hydrogen-bond donors (Lipinski definition) is 1. The lowest BCUT2D eigenvalue weighted by Gasteiger charge is -2.27. The fraction of sp³-hybridized carbons (Fsp3) is 0.500. The quantitative estimate of drug-likeness (QED) is 0.884. The number of piperidine rings is 1. The molecule has 98 valence electrons. The van der Waals surface area contributed by atoms with Gasteiger partial charge in [0.05, 0.1) is 12.8 Å². The normalized spacial score (nSPS) is 16.3. The molecular formula is C14H20N2O2. The van der Waals surface area contributed by atoms with Crippen molar-refractivity contribution in [3.63, 3.8) is 0 Å². The van der Waals surface area contributed by atoms with Gasteiger partial charge >= 0.3 is 0 Å². The average molecular weight is 248 g/mol. The van der Waals surface area contributed by atoms with Crippen molar-refractivity contribution in [1.82, 2.24) is 5.32 Å². The molecule has 2 rings (SSSR count). The van der Waals surface area contributed by atoms with Crippen LogP contribution in [-0.2, 0) is 4.79 Å². The zero-order valence-electron chi connectivity index (χ0n) is 11.0. The zero-order valence-corrected chi connectivity index (χ0v) is 11.0. The number of anilines is 1. The van der Waals surface area contributed by atoms with E-state index in [1.807, 2.05) is 31.3 Å². The Hall–Kier alpha value is -1.55. The molecule has 4 heteroatoms. The fourth-order valence-corrected chi connectivity index (χ4v) is 2.37. The molecule has 1 aromatic carbocycles. The van der Waals surface area contributed by atoms with Crippen LogP contribution in [-0.4, -0.2) is 33.2 Å². The molecule has 1 heterocycles. The molecule has 0 atom stereocenters. The summed E-state index contributed by atoms with van der Waals surface area (Å²) >= 11 is 0. The number of rotatable bonds is 3. The summed E-state index contributed by atoms with van der Waals surface area (Å²) in [6.45, 7) is 1.85. The summed E-state index contributed by atoms with van der Waals surface area (Å²) < 4.78 is 5.30. The lowest BCUT2D eigenvalue weighted by atomic mass is 9.96. The van der Waals surface area contributed by atoms with Gasteiger partial charge in [-0.2, -0.15) is 0 Å². The number of amides is 1. The van der Waals surface area contributed by atoms with Gasteiger partial charge in [0.25, 0.3) is 0 Å². The number of carbonyl (C=O) groups is 1. The maximum Gasteiger partial charge on any atom is 0.230 e. The van der Waals surface area contributed by atoms with Crippen LogP contribution in [0, 0.1) is 5.92 Å². The number of ether oxygens (including phenoxy) is 1. The third-order valence-electron chi connectivity index (χ3n) is 3.47. The van der Waals surface area contributed by atoms with Crippen LogP contribution in [0.5, 0.6) is 5.75 Å². The second kappa shape index (κ2) is 5.87. The van der Waals surface area contributed by atoms with Gasteiger partial charge in [0.15, 0.2) is 0 Å². The van der Waals surface area contributed by atoms with Gasteiger partial charge in [-0.15, -0.1) is 0 Å². The maximum absolute atomic E-state index is 12.4. The Kier molecular flexibility index (Phi) is 4.20. The summed E-state index contributed by atoms with van der Waals surface area (Å²) in [5, 5.41) is 3.28. The second-order valence-corrected chi connectivity index (χ2v) is 4.59. The molecule has 1 fully saturated rings. The van der Waals surface area contributed by atoms with Crippen molar-refractivity contribution in [2.24, 2.45) is 5.92 Å². The van der Waals surface area contributed by atoms with Crippen LogP contribution in [0.2, 0.25) is 0 Å². The van der Waals surface area contributed by atoms with Gasteiger partial charge in [0, 0.05) is 13.0 Å². The van der Waals surface area contributed by atoms with Crippen molar-refractivity contribution in [2.45, 2.75) is 12.8 Å². The summed E-state index contributed by atoms with van der Waals surface area (Å²) in [6, 6.07) is 7.62. The molecule has 18 heavy (non-hydrogen) atoms. The molecule has 0 unspecified atom stereocenters. The minimum absolute atomic E-state index is 0.126. The van der Waals surface area contributed by atoms with Gasteiger partial charge in [0.1, 0.15) is 5.75 Å². The molecule has 1 aromatic rings. The van der Waals surface area contributed by atoms with Crippen LogP contribution in [0.25, 0.3) is 0 Å². The topological polar surface area (TPSA) is 41.6 Å². The van der Waals surface area contributed by atoms with Crippen LogP contribution in [0.1, 0.15) is 12.8 Å². The minimum Gasteiger partial charge on any atom is -0.495 e. The van der Waals surface area contributed by atoms with Gasteiger partial charge in [-0.1, -0.05) is 12.1 Å². The Labute approximate surface area is 108 Å². The fourth-order valence-electron chi connectivity index (χ4n) is 2.37. The summed E-state index contributed by atoms with van der Waals surface area (Å²) in [6.07, 6.45) is 1.83.